The lowest BCUT2D eigenvalue weighted by Crippen LogP contribution is -2.44. The molecule has 1 N–H and O–H groups in total. The van der Waals surface area contributed by atoms with Crippen LogP contribution in [0.2, 0.25) is 0 Å². The molecule has 1 unspecified atom stereocenters. The van der Waals surface area contributed by atoms with Crippen LogP contribution in [-0.2, 0) is 20.4 Å². The van der Waals surface area contributed by atoms with Crippen molar-refractivity contribution >= 4 is 40.9 Å². The smallest absolute Gasteiger partial charge is 0.417 e. The zero-order chi connectivity index (χ0) is 27.1. The van der Waals surface area contributed by atoms with Gasteiger partial charge >= 0.3 is 18.2 Å². The number of aromatic nitrogens is 1. The van der Waals surface area contributed by atoms with E-state index < -0.39 is 41.1 Å². The van der Waals surface area contributed by atoms with E-state index in [1.807, 2.05) is 0 Å². The number of carbonyl (C=O) groups is 2. The predicted octanol–water partition coefficient (Wildman–Crippen LogP) is 4.84. The number of benzene rings is 2. The third kappa shape index (κ3) is 5.94. The number of ether oxygens (including phenoxy) is 2. The van der Waals surface area contributed by atoms with Crippen molar-refractivity contribution < 1.29 is 32.2 Å². The molecule has 1 fully saturated rings. The van der Waals surface area contributed by atoms with E-state index in [0.29, 0.717) is 11.1 Å². The van der Waals surface area contributed by atoms with Crippen LogP contribution in [0.3, 0.4) is 0 Å². The van der Waals surface area contributed by atoms with Crippen LogP contribution in [0.5, 0.6) is 0 Å². The lowest BCUT2D eigenvalue weighted by atomic mass is 10.0. The van der Waals surface area contributed by atoms with Gasteiger partial charge in [0.1, 0.15) is 5.60 Å². The van der Waals surface area contributed by atoms with Crippen LogP contribution in [0.25, 0.3) is 22.0 Å². The Labute approximate surface area is 222 Å². The molecule has 38 heavy (non-hydrogen) atoms. The quantitative estimate of drug-likeness (QED) is 0.439. The van der Waals surface area contributed by atoms with Gasteiger partial charge in [-0.2, -0.15) is 13.2 Å². The van der Waals surface area contributed by atoms with E-state index in [9.17, 15) is 27.6 Å². The van der Waals surface area contributed by atoms with Crippen molar-refractivity contribution in [1.82, 2.24) is 9.88 Å². The molecule has 0 saturated carbocycles. The number of aromatic amines is 1. The highest BCUT2D eigenvalue weighted by Gasteiger charge is 2.44. The zero-order valence-electron chi connectivity index (χ0n) is 21.1. The molecule has 1 aliphatic rings. The summed E-state index contributed by atoms with van der Waals surface area (Å²) in [6.45, 7) is 3.43. The predicted molar refractivity (Wildman–Crippen MR) is 139 cm³/mol. The number of nitrogens with one attached hydrogen (secondary N) is 1. The van der Waals surface area contributed by atoms with Crippen molar-refractivity contribution in [1.29, 1.82) is 0 Å². The Morgan fingerprint density at radius 3 is 2.47 bits per heavy atom. The lowest BCUT2D eigenvalue weighted by Gasteiger charge is -2.30. The Kier molecular flexibility index (Phi) is 8.13. The van der Waals surface area contributed by atoms with E-state index in [-0.39, 0.29) is 42.1 Å². The number of hydrogen-bond donors (Lipinski definition) is 1. The fourth-order valence-corrected chi connectivity index (χ4v) is 4.21. The number of fused-ring (bicyclic) bond motifs is 1. The second-order valence-corrected chi connectivity index (χ2v) is 9.63. The van der Waals surface area contributed by atoms with E-state index in [4.69, 9.17) is 9.47 Å². The summed E-state index contributed by atoms with van der Waals surface area (Å²) in [6.07, 6.45) is -6.03. The number of halogens is 4. The second kappa shape index (κ2) is 10.7. The third-order valence-electron chi connectivity index (χ3n) is 6.07. The molecule has 12 heteroatoms. The van der Waals surface area contributed by atoms with Crippen molar-refractivity contribution in [3.63, 3.8) is 0 Å². The average molecular weight is 554 g/mol. The summed E-state index contributed by atoms with van der Waals surface area (Å²) in [4.78, 5) is 43.2. The Balaban J connectivity index is 0.00000400. The summed E-state index contributed by atoms with van der Waals surface area (Å²) in [5, 5.41) is 0.597. The maximum absolute atomic E-state index is 13.5. The molecule has 3 aromatic rings. The van der Waals surface area contributed by atoms with Gasteiger partial charge in [-0.15, -0.1) is 12.4 Å². The Morgan fingerprint density at radius 2 is 1.82 bits per heavy atom. The van der Waals surface area contributed by atoms with Gasteiger partial charge in [-0.1, -0.05) is 24.3 Å². The molecule has 0 aliphatic carbocycles. The summed E-state index contributed by atoms with van der Waals surface area (Å²) in [5.41, 5.74) is -2.32. The normalized spacial score (nSPS) is 15.9. The SMILES string of the molecule is CN(C)CC(=O)OC(C)(C)C1CN(c2ccc3cc(-c4ccccc4C(F)(F)F)[nH]c(=O)c3c2)C(=O)O1.Cl. The molecule has 1 aromatic heterocycles. The average Bonchev–Trinajstić information content (AvgIpc) is 3.20. The number of rotatable bonds is 6. The monoisotopic (exact) mass is 553 g/mol. The second-order valence-electron chi connectivity index (χ2n) is 9.63. The summed E-state index contributed by atoms with van der Waals surface area (Å²) in [6, 6.07) is 11.1. The van der Waals surface area contributed by atoms with Gasteiger partial charge < -0.3 is 14.5 Å². The number of cyclic esters (lactones) is 1. The van der Waals surface area contributed by atoms with Gasteiger partial charge in [0, 0.05) is 22.3 Å². The molecule has 8 nitrogen and oxygen atoms in total. The van der Waals surface area contributed by atoms with Crippen LogP contribution in [0.4, 0.5) is 23.7 Å². The van der Waals surface area contributed by atoms with Crippen molar-refractivity contribution in [2.45, 2.75) is 31.7 Å². The van der Waals surface area contributed by atoms with Crippen LogP contribution < -0.4 is 10.5 Å². The molecule has 1 saturated heterocycles. The maximum atomic E-state index is 13.5. The highest BCUT2D eigenvalue weighted by atomic mass is 35.5. The number of pyridine rings is 1. The van der Waals surface area contributed by atoms with Gasteiger partial charge in [-0.3, -0.25) is 19.4 Å². The number of amides is 1. The summed E-state index contributed by atoms with van der Waals surface area (Å²) < 4.78 is 51.4. The molecule has 204 valence electrons. The molecule has 1 aliphatic heterocycles. The van der Waals surface area contributed by atoms with Crippen molar-refractivity contribution in [3.05, 3.63) is 64.4 Å². The molecule has 1 atom stereocenters. The number of esters is 1. The molecular weight excluding hydrogens is 527 g/mol. The van der Waals surface area contributed by atoms with E-state index >= 15 is 0 Å². The van der Waals surface area contributed by atoms with Crippen LogP contribution in [0.1, 0.15) is 19.4 Å². The minimum atomic E-state index is -4.59. The lowest BCUT2D eigenvalue weighted by molar-refractivity contribution is -0.165. The van der Waals surface area contributed by atoms with Crippen molar-refractivity contribution in [2.24, 2.45) is 0 Å². The molecule has 2 heterocycles. The number of alkyl halides is 3. The topological polar surface area (TPSA) is 91.9 Å². The van der Waals surface area contributed by atoms with Crippen molar-refractivity contribution in [2.75, 3.05) is 32.1 Å². The number of carbonyl (C=O) groups excluding carboxylic acids is 2. The number of anilines is 1. The Morgan fingerprint density at radius 1 is 1.13 bits per heavy atom. The minimum Gasteiger partial charge on any atom is -0.455 e. The molecule has 4 rings (SSSR count). The minimum absolute atomic E-state index is 0. The Hall–Kier alpha value is -3.57. The number of nitrogens with zero attached hydrogens (tertiary/aromatic N) is 2. The fourth-order valence-electron chi connectivity index (χ4n) is 4.21. The molecule has 0 spiro atoms. The van der Waals surface area contributed by atoms with Crippen LogP contribution in [0.15, 0.2) is 53.3 Å². The molecular formula is C26H27ClF3N3O5. The van der Waals surface area contributed by atoms with Gasteiger partial charge in [0.25, 0.3) is 5.56 Å². The van der Waals surface area contributed by atoms with E-state index in [1.165, 1.54) is 35.2 Å². The van der Waals surface area contributed by atoms with Crippen molar-refractivity contribution in [3.8, 4) is 11.3 Å². The van der Waals surface area contributed by atoms with Gasteiger partial charge in [0.15, 0.2) is 6.10 Å². The van der Waals surface area contributed by atoms with Gasteiger partial charge in [-0.05, 0) is 57.6 Å². The van der Waals surface area contributed by atoms with Crippen LogP contribution in [-0.4, -0.2) is 60.8 Å². The van der Waals surface area contributed by atoms with E-state index in [2.05, 4.69) is 4.98 Å². The van der Waals surface area contributed by atoms with Crippen LogP contribution >= 0.6 is 12.4 Å². The number of hydrogen-bond acceptors (Lipinski definition) is 6. The first-order valence-corrected chi connectivity index (χ1v) is 11.4. The van der Waals surface area contributed by atoms with Gasteiger partial charge in [-0.25, -0.2) is 4.79 Å². The number of likely N-dealkylation sites (N-methyl/N-ethyl adjacent to an activating group) is 1. The fraction of sp³-hybridized carbons (Fsp3) is 0.346. The van der Waals surface area contributed by atoms with E-state index in [1.54, 1.807) is 45.0 Å². The van der Waals surface area contributed by atoms with Gasteiger partial charge in [0.2, 0.25) is 0 Å². The molecule has 1 amide bonds. The highest BCUT2D eigenvalue weighted by Crippen LogP contribution is 2.37. The molecule has 0 radical (unpaired) electrons. The molecule has 2 aromatic carbocycles. The highest BCUT2D eigenvalue weighted by molar-refractivity contribution is 5.95. The van der Waals surface area contributed by atoms with Gasteiger partial charge in [0.05, 0.1) is 18.7 Å². The summed E-state index contributed by atoms with van der Waals surface area (Å²) in [5.74, 6) is -0.468. The summed E-state index contributed by atoms with van der Waals surface area (Å²) >= 11 is 0. The van der Waals surface area contributed by atoms with E-state index in [0.717, 1.165) is 6.07 Å². The summed E-state index contributed by atoms with van der Waals surface area (Å²) in [7, 11) is 3.45. The molecule has 0 bridgehead atoms. The third-order valence-corrected chi connectivity index (χ3v) is 6.07. The largest absolute Gasteiger partial charge is 0.455 e. The zero-order valence-corrected chi connectivity index (χ0v) is 21.9. The Bertz CT molecular complexity index is 1420. The first-order valence-electron chi connectivity index (χ1n) is 11.4. The maximum Gasteiger partial charge on any atom is 0.417 e. The van der Waals surface area contributed by atoms with Crippen LogP contribution in [0, 0.1) is 0 Å². The first-order chi connectivity index (χ1) is 17.3. The standard InChI is InChI=1S/C26H26F3N3O5.ClH/c1-25(2,37-22(33)14-31(3)4)21-13-32(24(35)36-21)16-10-9-15-11-20(30-23(34)18(15)12-16)17-7-5-6-8-19(17)26(27,28)29;/h5-12,21H,13-14H2,1-4H3,(H,30,34);1H. The number of H-pyrrole nitrogens is 1. The first kappa shape index (κ1) is 29.0.